The summed E-state index contributed by atoms with van der Waals surface area (Å²) in [6.07, 6.45) is 6.90. The van der Waals surface area contributed by atoms with Crippen molar-refractivity contribution in [2.24, 2.45) is 5.92 Å². The molecule has 1 aliphatic rings. The van der Waals surface area contributed by atoms with Gasteiger partial charge in [0.25, 0.3) is 0 Å². The predicted octanol–water partition coefficient (Wildman–Crippen LogP) is 5.24. The summed E-state index contributed by atoms with van der Waals surface area (Å²) in [5, 5.41) is 0. The van der Waals surface area contributed by atoms with E-state index in [1.54, 1.807) is 16.4 Å². The summed E-state index contributed by atoms with van der Waals surface area (Å²) in [4.78, 5) is 0.408. The van der Waals surface area contributed by atoms with Gasteiger partial charge in [0.05, 0.1) is 4.90 Å². The van der Waals surface area contributed by atoms with E-state index in [0.717, 1.165) is 30.5 Å². The third-order valence-corrected chi connectivity index (χ3v) is 8.03. The molecular weight excluding hydrogens is 392 g/mol. The highest BCUT2D eigenvalue weighted by Crippen LogP contribution is 2.27. The van der Waals surface area contributed by atoms with Crippen LogP contribution in [0.3, 0.4) is 0 Å². The molecule has 0 aliphatic carbocycles. The van der Waals surface area contributed by atoms with Crippen molar-refractivity contribution in [1.82, 2.24) is 8.87 Å². The average Bonchev–Trinajstić information content (AvgIpc) is 3.30. The van der Waals surface area contributed by atoms with Crippen LogP contribution in [0.5, 0.6) is 0 Å². The van der Waals surface area contributed by atoms with E-state index < -0.39 is 10.0 Å². The molecule has 4 rings (SSSR count). The SMILES string of the molecule is CC(C)c1ccc(S(=O)(=O)N2CCC(Cc3ccc(-n4cccc4)cc3)CC2)cc1. The highest BCUT2D eigenvalue weighted by Gasteiger charge is 2.29. The van der Waals surface area contributed by atoms with Crippen molar-refractivity contribution in [3.05, 3.63) is 84.2 Å². The normalized spacial score (nSPS) is 16.2. The Kier molecular flexibility index (Phi) is 6.11. The number of rotatable bonds is 6. The lowest BCUT2D eigenvalue weighted by Crippen LogP contribution is -2.38. The lowest BCUT2D eigenvalue weighted by molar-refractivity contribution is 0.273. The van der Waals surface area contributed by atoms with E-state index in [2.05, 4.69) is 42.7 Å². The van der Waals surface area contributed by atoms with Crippen LogP contribution in [-0.2, 0) is 16.4 Å². The number of aromatic nitrogens is 1. The summed E-state index contributed by atoms with van der Waals surface area (Å²) >= 11 is 0. The first kappa shape index (κ1) is 20.9. The molecule has 0 amide bonds. The fraction of sp³-hybridized carbons (Fsp3) is 0.360. The average molecular weight is 423 g/mol. The molecule has 158 valence electrons. The minimum Gasteiger partial charge on any atom is -0.324 e. The molecule has 1 fully saturated rings. The third-order valence-electron chi connectivity index (χ3n) is 6.12. The molecule has 3 aromatic rings. The Balaban J connectivity index is 1.35. The van der Waals surface area contributed by atoms with Gasteiger partial charge in [-0.05, 0) is 78.6 Å². The number of hydrogen-bond acceptors (Lipinski definition) is 2. The van der Waals surface area contributed by atoms with Crippen LogP contribution in [0.1, 0.15) is 43.7 Å². The first-order valence-electron chi connectivity index (χ1n) is 10.8. The monoisotopic (exact) mass is 422 g/mol. The van der Waals surface area contributed by atoms with Gasteiger partial charge in [-0.15, -0.1) is 0 Å². The smallest absolute Gasteiger partial charge is 0.243 e. The third kappa shape index (κ3) is 4.52. The van der Waals surface area contributed by atoms with Crippen molar-refractivity contribution in [3.8, 4) is 5.69 Å². The lowest BCUT2D eigenvalue weighted by Gasteiger charge is -2.31. The Hall–Kier alpha value is -2.37. The molecule has 0 radical (unpaired) electrons. The van der Waals surface area contributed by atoms with Crippen LogP contribution in [-0.4, -0.2) is 30.4 Å². The van der Waals surface area contributed by atoms with Crippen LogP contribution in [0, 0.1) is 5.92 Å². The van der Waals surface area contributed by atoms with Crippen molar-refractivity contribution < 1.29 is 8.42 Å². The minimum absolute atomic E-state index is 0.398. The summed E-state index contributed by atoms with van der Waals surface area (Å²) in [5.41, 5.74) is 3.64. The topological polar surface area (TPSA) is 42.3 Å². The Morgan fingerprint density at radius 1 is 0.900 bits per heavy atom. The molecule has 4 nitrogen and oxygen atoms in total. The summed E-state index contributed by atoms with van der Waals surface area (Å²) in [6.45, 7) is 5.42. The van der Waals surface area contributed by atoms with Gasteiger partial charge in [0.15, 0.2) is 0 Å². The van der Waals surface area contributed by atoms with E-state index in [9.17, 15) is 8.42 Å². The van der Waals surface area contributed by atoms with Crippen LogP contribution in [0.15, 0.2) is 78.0 Å². The Morgan fingerprint density at radius 3 is 2.07 bits per heavy atom. The van der Waals surface area contributed by atoms with E-state index in [1.807, 2.05) is 36.7 Å². The fourth-order valence-corrected chi connectivity index (χ4v) is 5.64. The first-order valence-corrected chi connectivity index (χ1v) is 12.2. The largest absolute Gasteiger partial charge is 0.324 e. The molecular formula is C25H30N2O2S. The van der Waals surface area contributed by atoms with Crippen LogP contribution >= 0.6 is 0 Å². The van der Waals surface area contributed by atoms with Crippen molar-refractivity contribution in [2.45, 2.75) is 43.9 Å². The Labute approximate surface area is 180 Å². The molecule has 0 N–H and O–H groups in total. The lowest BCUT2D eigenvalue weighted by atomic mass is 9.91. The van der Waals surface area contributed by atoms with Crippen LogP contribution in [0.2, 0.25) is 0 Å². The molecule has 0 spiro atoms. The maximum absolute atomic E-state index is 13.0. The number of benzene rings is 2. The quantitative estimate of drug-likeness (QED) is 0.545. The molecule has 1 aromatic heterocycles. The maximum atomic E-state index is 13.0. The summed E-state index contributed by atoms with van der Waals surface area (Å²) in [5.74, 6) is 0.923. The Morgan fingerprint density at radius 2 is 1.50 bits per heavy atom. The second-order valence-electron chi connectivity index (χ2n) is 8.53. The fourth-order valence-electron chi connectivity index (χ4n) is 4.17. The standard InChI is InChI=1S/C25H30N2O2S/c1-20(2)23-7-11-25(12-8-23)30(28,29)27-17-13-22(14-18-27)19-21-5-9-24(10-6-21)26-15-3-4-16-26/h3-12,15-16,20,22H,13-14,17-19H2,1-2H3. The number of hydrogen-bond donors (Lipinski definition) is 0. The van der Waals surface area contributed by atoms with Crippen molar-refractivity contribution >= 4 is 10.0 Å². The molecule has 0 atom stereocenters. The van der Waals surface area contributed by atoms with Crippen LogP contribution < -0.4 is 0 Å². The number of nitrogens with zero attached hydrogens (tertiary/aromatic N) is 2. The van der Waals surface area contributed by atoms with Gasteiger partial charge in [-0.25, -0.2) is 8.42 Å². The molecule has 1 saturated heterocycles. The van der Waals surface area contributed by atoms with Gasteiger partial charge >= 0.3 is 0 Å². The predicted molar refractivity (Wildman–Crippen MR) is 121 cm³/mol. The maximum Gasteiger partial charge on any atom is 0.243 e. The van der Waals surface area contributed by atoms with Crippen molar-refractivity contribution in [3.63, 3.8) is 0 Å². The molecule has 1 aliphatic heterocycles. The van der Waals surface area contributed by atoms with E-state index in [0.29, 0.717) is 29.8 Å². The first-order chi connectivity index (χ1) is 14.4. The van der Waals surface area contributed by atoms with Gasteiger partial charge in [0.2, 0.25) is 10.0 Å². The van der Waals surface area contributed by atoms with Gasteiger partial charge in [0.1, 0.15) is 0 Å². The zero-order valence-corrected chi connectivity index (χ0v) is 18.6. The molecule has 30 heavy (non-hydrogen) atoms. The summed E-state index contributed by atoms with van der Waals surface area (Å²) < 4.78 is 29.8. The summed E-state index contributed by atoms with van der Waals surface area (Å²) in [6, 6.07) is 20.1. The highest BCUT2D eigenvalue weighted by atomic mass is 32.2. The van der Waals surface area contributed by atoms with E-state index in [-0.39, 0.29) is 0 Å². The van der Waals surface area contributed by atoms with Gasteiger partial charge in [0, 0.05) is 31.2 Å². The van der Waals surface area contributed by atoms with Gasteiger partial charge < -0.3 is 4.57 Å². The second kappa shape index (κ2) is 8.78. The molecule has 5 heteroatoms. The molecule has 2 aromatic carbocycles. The minimum atomic E-state index is -3.40. The van der Waals surface area contributed by atoms with Gasteiger partial charge in [-0.1, -0.05) is 38.1 Å². The highest BCUT2D eigenvalue weighted by molar-refractivity contribution is 7.89. The van der Waals surface area contributed by atoms with E-state index in [1.165, 1.54) is 5.56 Å². The van der Waals surface area contributed by atoms with Crippen molar-refractivity contribution in [1.29, 1.82) is 0 Å². The van der Waals surface area contributed by atoms with Crippen molar-refractivity contribution in [2.75, 3.05) is 13.1 Å². The van der Waals surface area contributed by atoms with Crippen LogP contribution in [0.25, 0.3) is 5.69 Å². The van der Waals surface area contributed by atoms with Gasteiger partial charge in [-0.2, -0.15) is 4.31 Å². The second-order valence-corrected chi connectivity index (χ2v) is 10.5. The Bertz CT molecular complexity index is 1050. The van der Waals surface area contributed by atoms with E-state index >= 15 is 0 Å². The van der Waals surface area contributed by atoms with Gasteiger partial charge in [-0.3, -0.25) is 0 Å². The number of sulfonamides is 1. The molecule has 0 bridgehead atoms. The molecule has 2 heterocycles. The van der Waals surface area contributed by atoms with E-state index in [4.69, 9.17) is 0 Å². The zero-order chi connectivity index (χ0) is 21.1. The molecule has 0 unspecified atom stereocenters. The summed E-state index contributed by atoms with van der Waals surface area (Å²) in [7, 11) is -3.40. The van der Waals surface area contributed by atoms with Crippen LogP contribution in [0.4, 0.5) is 0 Å². The molecule has 0 saturated carbocycles. The number of piperidine rings is 1. The zero-order valence-electron chi connectivity index (χ0n) is 17.7.